The number of hydrogen-bond donors (Lipinski definition) is 2. The Bertz CT molecular complexity index is 1780. The smallest absolute Gasteiger partial charge is 0.255 e. The van der Waals surface area contributed by atoms with Crippen LogP contribution in [-0.4, -0.2) is 66.0 Å². The van der Waals surface area contributed by atoms with Crippen molar-refractivity contribution in [3.63, 3.8) is 0 Å². The van der Waals surface area contributed by atoms with E-state index in [9.17, 15) is 4.79 Å². The van der Waals surface area contributed by atoms with Crippen LogP contribution in [0.1, 0.15) is 27.0 Å². The number of benzene rings is 3. The molecule has 46 heavy (non-hydrogen) atoms. The Labute approximate surface area is 270 Å². The minimum Gasteiger partial charge on any atom is -0.497 e. The minimum atomic E-state index is -0.147. The van der Waals surface area contributed by atoms with E-state index in [0.717, 1.165) is 67.5 Å². The van der Waals surface area contributed by atoms with Crippen molar-refractivity contribution < 1.29 is 14.1 Å². The lowest BCUT2D eigenvalue weighted by atomic mass is 10.1. The van der Waals surface area contributed by atoms with Crippen LogP contribution in [0.4, 0.5) is 17.3 Å². The van der Waals surface area contributed by atoms with Gasteiger partial charge in [-0.2, -0.15) is 0 Å². The Morgan fingerprint density at radius 2 is 1.70 bits per heavy atom. The highest BCUT2D eigenvalue weighted by molar-refractivity contribution is 6.04. The Balaban J connectivity index is 1.10. The van der Waals surface area contributed by atoms with Crippen LogP contribution >= 0.6 is 0 Å². The number of anilines is 3. The van der Waals surface area contributed by atoms with Gasteiger partial charge in [-0.1, -0.05) is 18.2 Å². The number of hydrogen-bond acceptors (Lipinski definition) is 7. The number of aromatic nitrogens is 3. The number of likely N-dealkylation sites (N-methyl/N-ethyl adjacent to an activating group) is 1. The van der Waals surface area contributed by atoms with Crippen LogP contribution in [0.2, 0.25) is 0 Å². The van der Waals surface area contributed by atoms with Gasteiger partial charge in [-0.05, 0) is 85.8 Å². The van der Waals surface area contributed by atoms with E-state index >= 15 is 0 Å². The fourth-order valence-electron chi connectivity index (χ4n) is 5.48. The summed E-state index contributed by atoms with van der Waals surface area (Å²) in [5, 5.41) is 6.39. The molecule has 6 rings (SSSR count). The Morgan fingerprint density at radius 3 is 2.46 bits per heavy atom. The topological polar surface area (TPSA) is 86.5 Å². The summed E-state index contributed by atoms with van der Waals surface area (Å²) in [5.74, 6) is 1.17. The van der Waals surface area contributed by atoms with Crippen LogP contribution in [0.25, 0.3) is 11.3 Å². The number of pyridine rings is 1. The Morgan fingerprint density at radius 1 is 0.935 bits per heavy atom. The first kappa shape index (κ1) is 30.9. The summed E-state index contributed by atoms with van der Waals surface area (Å²) in [5.41, 5.74) is 7.33. The summed E-state index contributed by atoms with van der Waals surface area (Å²) in [6.45, 7) is 7.95. The van der Waals surface area contributed by atoms with E-state index in [1.165, 1.54) is 11.1 Å². The van der Waals surface area contributed by atoms with Crippen molar-refractivity contribution in [2.75, 3.05) is 51.0 Å². The third kappa shape index (κ3) is 7.93. The number of amides is 1. The first-order chi connectivity index (χ1) is 22.4. The van der Waals surface area contributed by atoms with E-state index < -0.39 is 0 Å². The summed E-state index contributed by atoms with van der Waals surface area (Å²) in [6, 6.07) is 27.7. The van der Waals surface area contributed by atoms with E-state index in [0.29, 0.717) is 17.2 Å². The minimum absolute atomic E-state index is 0.147. The average Bonchev–Trinajstić information content (AvgIpc) is 3.08. The van der Waals surface area contributed by atoms with Gasteiger partial charge in [0.15, 0.2) is 18.9 Å². The molecule has 3 aromatic carbocycles. The molecule has 0 bridgehead atoms. The second kappa shape index (κ2) is 14.3. The van der Waals surface area contributed by atoms with Crippen LogP contribution < -0.4 is 19.9 Å². The maximum atomic E-state index is 13.1. The fraction of sp³-hybridized carbons (Fsp3) is 0.243. The zero-order valence-corrected chi connectivity index (χ0v) is 26.6. The quantitative estimate of drug-likeness (QED) is 0.200. The van der Waals surface area contributed by atoms with Gasteiger partial charge in [0, 0.05) is 67.5 Å². The van der Waals surface area contributed by atoms with E-state index in [4.69, 9.17) is 9.72 Å². The maximum absolute atomic E-state index is 13.1. The molecular formula is C37H40N7O2+. The molecular weight excluding hydrogens is 574 g/mol. The van der Waals surface area contributed by atoms with Gasteiger partial charge in [-0.25, -0.2) is 14.5 Å². The number of methoxy groups -OCH3 is 1. The van der Waals surface area contributed by atoms with Gasteiger partial charge in [0.2, 0.25) is 5.95 Å². The summed E-state index contributed by atoms with van der Waals surface area (Å²) in [4.78, 5) is 27.2. The third-order valence-electron chi connectivity index (χ3n) is 8.29. The van der Waals surface area contributed by atoms with E-state index in [1.807, 2.05) is 85.9 Å². The van der Waals surface area contributed by atoms with Gasteiger partial charge in [-0.15, -0.1) is 0 Å². The second-order valence-corrected chi connectivity index (χ2v) is 11.8. The van der Waals surface area contributed by atoms with Gasteiger partial charge in [0.05, 0.1) is 18.4 Å². The molecule has 1 aliphatic heterocycles. The average molecular weight is 615 g/mol. The van der Waals surface area contributed by atoms with Crippen LogP contribution in [0, 0.1) is 6.92 Å². The van der Waals surface area contributed by atoms with Gasteiger partial charge >= 0.3 is 0 Å². The zero-order chi connectivity index (χ0) is 31.9. The number of piperazine rings is 1. The van der Waals surface area contributed by atoms with E-state index in [-0.39, 0.29) is 5.91 Å². The lowest BCUT2D eigenvalue weighted by Crippen LogP contribution is -2.43. The van der Waals surface area contributed by atoms with Gasteiger partial charge < -0.3 is 20.3 Å². The fourth-order valence-corrected chi connectivity index (χ4v) is 5.48. The number of rotatable bonds is 10. The monoisotopic (exact) mass is 614 g/mol. The summed E-state index contributed by atoms with van der Waals surface area (Å²) < 4.78 is 7.41. The maximum Gasteiger partial charge on any atom is 0.255 e. The molecule has 2 aromatic heterocycles. The van der Waals surface area contributed by atoms with E-state index in [1.54, 1.807) is 13.3 Å². The molecule has 9 heteroatoms. The predicted molar refractivity (Wildman–Crippen MR) is 181 cm³/mol. The summed E-state index contributed by atoms with van der Waals surface area (Å²) in [7, 11) is 3.83. The van der Waals surface area contributed by atoms with Crippen LogP contribution in [0.15, 0.2) is 104 Å². The van der Waals surface area contributed by atoms with Gasteiger partial charge in [0.25, 0.3) is 5.91 Å². The lowest BCUT2D eigenvalue weighted by Gasteiger charge is -2.32. The normalized spacial score (nSPS) is 13.7. The number of ether oxygens (including phenoxy) is 1. The van der Waals surface area contributed by atoms with Crippen LogP contribution in [0.5, 0.6) is 5.75 Å². The second-order valence-electron chi connectivity index (χ2n) is 11.8. The van der Waals surface area contributed by atoms with Crippen molar-refractivity contribution in [2.24, 2.45) is 0 Å². The molecule has 0 aliphatic carbocycles. The number of nitrogens with one attached hydrogen (secondary N) is 2. The highest BCUT2D eigenvalue weighted by Gasteiger charge is 2.15. The SMILES string of the molecule is COc1ccc(C[n+]2cccc(-c3ccnc(Nc4cc(NC(=O)c5ccc(CN6CCN(C)CC6)cc5)ccc4C)n3)c2)cc1. The number of carbonyl (C=O) groups excluding carboxylic acids is 1. The highest BCUT2D eigenvalue weighted by Crippen LogP contribution is 2.25. The standard InChI is InChI=1S/C37H39N7O2/c1-27-6-13-32(39-36(45)30-11-7-28(8-12-30)24-43-21-19-42(2)20-22-43)23-35(27)41-37-38-17-16-34(40-37)31-5-4-18-44(26-31)25-29-9-14-33(46-3)15-10-29/h4-18,23,26H,19-22,24-25H2,1-3H3,(H-,38,39,40,41,45)/p+1. The zero-order valence-electron chi connectivity index (χ0n) is 26.6. The molecule has 5 aromatic rings. The third-order valence-corrected chi connectivity index (χ3v) is 8.29. The number of nitrogens with zero attached hydrogens (tertiary/aromatic N) is 5. The van der Waals surface area contributed by atoms with Crippen molar-refractivity contribution >= 4 is 23.2 Å². The largest absolute Gasteiger partial charge is 0.497 e. The Kier molecular flexibility index (Phi) is 9.62. The van der Waals surface area contributed by atoms with Crippen molar-refractivity contribution in [3.8, 4) is 17.0 Å². The highest BCUT2D eigenvalue weighted by atomic mass is 16.5. The molecule has 2 N–H and O–H groups in total. The van der Waals surface area contributed by atoms with Gasteiger partial charge in [-0.3, -0.25) is 9.69 Å². The molecule has 9 nitrogen and oxygen atoms in total. The molecule has 0 saturated carbocycles. The Hall–Kier alpha value is -5.12. The molecule has 1 fully saturated rings. The van der Waals surface area contributed by atoms with Crippen molar-refractivity contribution in [3.05, 3.63) is 126 Å². The number of carbonyl (C=O) groups is 1. The summed E-state index contributed by atoms with van der Waals surface area (Å²) >= 11 is 0. The molecule has 1 saturated heterocycles. The molecule has 1 amide bonds. The summed E-state index contributed by atoms with van der Waals surface area (Å²) in [6.07, 6.45) is 5.87. The first-order valence-electron chi connectivity index (χ1n) is 15.6. The van der Waals surface area contributed by atoms with Crippen molar-refractivity contribution in [1.29, 1.82) is 0 Å². The van der Waals surface area contributed by atoms with Gasteiger partial charge in [0.1, 0.15) is 5.75 Å². The van der Waals surface area contributed by atoms with Crippen LogP contribution in [0.3, 0.4) is 0 Å². The molecule has 0 unspecified atom stereocenters. The first-order valence-corrected chi connectivity index (χ1v) is 15.6. The van der Waals surface area contributed by atoms with E-state index in [2.05, 4.69) is 55.4 Å². The molecule has 0 radical (unpaired) electrons. The predicted octanol–water partition coefficient (Wildman–Crippen LogP) is 5.54. The molecule has 3 heterocycles. The molecule has 0 spiro atoms. The molecule has 234 valence electrons. The molecule has 1 aliphatic rings. The van der Waals surface area contributed by atoms with Crippen molar-refractivity contribution in [1.82, 2.24) is 19.8 Å². The lowest BCUT2D eigenvalue weighted by molar-refractivity contribution is -0.687. The van der Waals surface area contributed by atoms with Crippen molar-refractivity contribution in [2.45, 2.75) is 20.0 Å². The van der Waals surface area contributed by atoms with Crippen LogP contribution in [-0.2, 0) is 13.1 Å². The number of aryl methyl sites for hydroxylation is 1. The molecule has 0 atom stereocenters.